The Kier molecular flexibility index (Phi) is 7.59. The molecule has 2 aromatic heterocycles. The van der Waals surface area contributed by atoms with E-state index in [0.717, 1.165) is 42.8 Å². The average molecular weight is 537 g/mol. The van der Waals surface area contributed by atoms with E-state index >= 15 is 0 Å². The summed E-state index contributed by atoms with van der Waals surface area (Å²) in [6.45, 7) is 6.08. The lowest BCUT2D eigenvalue weighted by Crippen LogP contribution is -2.45. The predicted octanol–water partition coefficient (Wildman–Crippen LogP) is 4.54. The first kappa shape index (κ1) is 26.4. The number of ether oxygens (including phenoxy) is 1. The van der Waals surface area contributed by atoms with Gasteiger partial charge in [0.15, 0.2) is 0 Å². The molecule has 1 amide bonds. The molecule has 8 nitrogen and oxygen atoms in total. The van der Waals surface area contributed by atoms with E-state index in [0.29, 0.717) is 54.2 Å². The van der Waals surface area contributed by atoms with Crippen molar-refractivity contribution in [1.29, 1.82) is 0 Å². The number of piperidine rings is 1. The molecule has 1 atom stereocenters. The minimum Gasteiger partial charge on any atom is -0.497 e. The lowest BCUT2D eigenvalue weighted by Gasteiger charge is -2.36. The first-order valence-electron chi connectivity index (χ1n) is 13.3. The van der Waals surface area contributed by atoms with Crippen LogP contribution >= 0.6 is 0 Å². The van der Waals surface area contributed by atoms with E-state index in [4.69, 9.17) is 4.74 Å². The van der Waals surface area contributed by atoms with Gasteiger partial charge in [0.05, 0.1) is 18.6 Å². The topological polar surface area (TPSA) is 84.7 Å². The Balaban J connectivity index is 1.27. The van der Waals surface area contributed by atoms with E-state index in [1.807, 2.05) is 30.9 Å². The number of amides is 1. The van der Waals surface area contributed by atoms with Crippen molar-refractivity contribution in [2.45, 2.75) is 70.0 Å². The van der Waals surface area contributed by atoms with Crippen molar-refractivity contribution in [1.82, 2.24) is 18.8 Å². The molecule has 3 aromatic rings. The van der Waals surface area contributed by atoms with E-state index in [2.05, 4.69) is 21.7 Å². The lowest BCUT2D eigenvalue weighted by molar-refractivity contribution is -0.133. The third kappa shape index (κ3) is 5.09. The maximum atomic E-state index is 13.8. The Hall–Kier alpha value is -3.17. The number of carbonyl (C=O) groups excluding carboxylic acids is 1. The molecule has 0 spiro atoms. The van der Waals surface area contributed by atoms with Crippen LogP contribution in [0.3, 0.4) is 0 Å². The number of hydrogen-bond acceptors (Lipinski definition) is 5. The SMILES string of the molecule is COc1cc(C)c(S(=O)(=O)N2CCCCC2CCC(=O)N2CCn3c(ccc3-c3ccncc3)C2)c(C)c1. The van der Waals surface area contributed by atoms with Crippen molar-refractivity contribution < 1.29 is 17.9 Å². The highest BCUT2D eigenvalue weighted by atomic mass is 32.2. The molecule has 1 fully saturated rings. The Morgan fingerprint density at radius 2 is 1.76 bits per heavy atom. The van der Waals surface area contributed by atoms with Crippen LogP contribution in [0.5, 0.6) is 5.75 Å². The van der Waals surface area contributed by atoms with E-state index in [1.54, 1.807) is 35.9 Å². The first-order valence-corrected chi connectivity index (χ1v) is 14.8. The van der Waals surface area contributed by atoms with Crippen LogP contribution in [-0.4, -0.2) is 59.3 Å². The molecular formula is C29H36N4O4S. The molecule has 0 saturated carbocycles. The Morgan fingerprint density at radius 3 is 2.47 bits per heavy atom. The second kappa shape index (κ2) is 10.9. The summed E-state index contributed by atoms with van der Waals surface area (Å²) in [5, 5.41) is 0. The highest BCUT2D eigenvalue weighted by molar-refractivity contribution is 7.89. The van der Waals surface area contributed by atoms with Gasteiger partial charge in [-0.05, 0) is 80.6 Å². The van der Waals surface area contributed by atoms with Crippen LogP contribution in [0.25, 0.3) is 11.3 Å². The summed E-state index contributed by atoms with van der Waals surface area (Å²) in [4.78, 5) is 19.6. The minimum atomic E-state index is -3.69. The molecule has 0 N–H and O–H groups in total. The zero-order valence-corrected chi connectivity index (χ0v) is 23.2. The summed E-state index contributed by atoms with van der Waals surface area (Å²) in [5.41, 5.74) is 4.74. The van der Waals surface area contributed by atoms with Gasteiger partial charge in [-0.15, -0.1) is 0 Å². The fourth-order valence-corrected chi connectivity index (χ4v) is 8.11. The number of aromatic nitrogens is 2. The highest BCUT2D eigenvalue weighted by Crippen LogP contribution is 2.33. The second-order valence-electron chi connectivity index (χ2n) is 10.3. The molecule has 5 rings (SSSR count). The number of aryl methyl sites for hydroxylation is 2. The summed E-state index contributed by atoms with van der Waals surface area (Å²) < 4.78 is 36.9. The summed E-state index contributed by atoms with van der Waals surface area (Å²) in [6, 6.07) is 11.6. The zero-order chi connectivity index (χ0) is 26.9. The van der Waals surface area contributed by atoms with Crippen molar-refractivity contribution in [2.24, 2.45) is 0 Å². The van der Waals surface area contributed by atoms with Crippen LogP contribution in [0.4, 0.5) is 0 Å². The second-order valence-corrected chi connectivity index (χ2v) is 12.1. The summed E-state index contributed by atoms with van der Waals surface area (Å²) in [6.07, 6.45) is 7.04. The Labute approximate surface area is 225 Å². The molecule has 2 aliphatic rings. The van der Waals surface area contributed by atoms with Crippen LogP contribution < -0.4 is 4.74 Å². The number of fused-ring (bicyclic) bond motifs is 1. The number of sulfonamides is 1. The smallest absolute Gasteiger partial charge is 0.243 e. The molecule has 1 saturated heterocycles. The number of nitrogens with zero attached hydrogens (tertiary/aromatic N) is 4. The van der Waals surface area contributed by atoms with E-state index in [9.17, 15) is 13.2 Å². The maximum absolute atomic E-state index is 13.8. The van der Waals surface area contributed by atoms with Gasteiger partial charge < -0.3 is 14.2 Å². The molecule has 0 aliphatic carbocycles. The average Bonchev–Trinajstić information content (AvgIpc) is 3.35. The molecule has 0 radical (unpaired) electrons. The van der Waals surface area contributed by atoms with Crippen LogP contribution in [0.15, 0.2) is 53.7 Å². The van der Waals surface area contributed by atoms with Gasteiger partial charge in [0.2, 0.25) is 15.9 Å². The van der Waals surface area contributed by atoms with E-state index in [1.165, 1.54) is 0 Å². The quantitative estimate of drug-likeness (QED) is 0.443. The molecule has 4 heterocycles. The molecule has 1 unspecified atom stereocenters. The molecule has 38 heavy (non-hydrogen) atoms. The third-order valence-corrected chi connectivity index (χ3v) is 10.1. The van der Waals surface area contributed by atoms with Crippen molar-refractivity contribution >= 4 is 15.9 Å². The van der Waals surface area contributed by atoms with Gasteiger partial charge in [0.1, 0.15) is 5.75 Å². The normalized spacial score (nSPS) is 18.3. The van der Waals surface area contributed by atoms with Gasteiger partial charge in [-0.3, -0.25) is 9.78 Å². The summed E-state index contributed by atoms with van der Waals surface area (Å²) >= 11 is 0. The number of benzene rings is 1. The summed E-state index contributed by atoms with van der Waals surface area (Å²) in [7, 11) is -2.11. The molecule has 202 valence electrons. The van der Waals surface area contributed by atoms with Gasteiger partial charge in [-0.1, -0.05) is 6.42 Å². The fraction of sp³-hybridized carbons (Fsp3) is 0.448. The largest absolute Gasteiger partial charge is 0.497 e. The summed E-state index contributed by atoms with van der Waals surface area (Å²) in [5.74, 6) is 0.739. The molecule has 0 bridgehead atoms. The van der Waals surface area contributed by atoms with Crippen molar-refractivity contribution in [3.8, 4) is 17.0 Å². The Bertz CT molecular complexity index is 1390. The number of rotatable bonds is 7. The standard InChI is InChI=1S/C29H36N4O4S/c1-21-18-26(37-3)19-22(2)29(21)38(35,36)33-15-5-4-6-24(33)8-10-28(34)31-16-17-32-25(20-31)7-9-27(32)23-11-13-30-14-12-23/h7,9,11-14,18-19,24H,4-6,8,10,15-17,20H2,1-3H3. The highest BCUT2D eigenvalue weighted by Gasteiger charge is 2.36. The third-order valence-electron chi connectivity index (χ3n) is 7.85. The van der Waals surface area contributed by atoms with Crippen molar-refractivity contribution in [3.05, 3.63) is 65.6 Å². The van der Waals surface area contributed by atoms with Crippen LogP contribution in [0.2, 0.25) is 0 Å². The lowest BCUT2D eigenvalue weighted by atomic mass is 10.00. The van der Waals surface area contributed by atoms with Crippen LogP contribution in [-0.2, 0) is 27.9 Å². The maximum Gasteiger partial charge on any atom is 0.243 e. The van der Waals surface area contributed by atoms with Crippen LogP contribution in [0.1, 0.15) is 48.9 Å². The van der Waals surface area contributed by atoms with Gasteiger partial charge in [0.25, 0.3) is 0 Å². The number of carbonyl (C=O) groups is 1. The number of pyridine rings is 1. The molecule has 1 aromatic carbocycles. The first-order chi connectivity index (χ1) is 18.3. The molecule has 2 aliphatic heterocycles. The number of hydrogen-bond donors (Lipinski definition) is 0. The van der Waals surface area contributed by atoms with Gasteiger partial charge in [0, 0.05) is 61.4 Å². The van der Waals surface area contributed by atoms with Gasteiger partial charge >= 0.3 is 0 Å². The zero-order valence-electron chi connectivity index (χ0n) is 22.4. The predicted molar refractivity (Wildman–Crippen MR) is 146 cm³/mol. The van der Waals surface area contributed by atoms with Crippen LogP contribution in [0, 0.1) is 13.8 Å². The molecule has 9 heteroatoms. The van der Waals surface area contributed by atoms with E-state index < -0.39 is 10.0 Å². The van der Waals surface area contributed by atoms with Crippen molar-refractivity contribution in [2.75, 3.05) is 20.2 Å². The van der Waals surface area contributed by atoms with Gasteiger partial charge in [-0.2, -0.15) is 4.31 Å². The fourth-order valence-electron chi connectivity index (χ4n) is 5.97. The molecular weight excluding hydrogens is 500 g/mol. The van der Waals surface area contributed by atoms with Gasteiger partial charge in [-0.25, -0.2) is 8.42 Å². The monoisotopic (exact) mass is 536 g/mol. The van der Waals surface area contributed by atoms with Crippen molar-refractivity contribution in [3.63, 3.8) is 0 Å². The number of methoxy groups -OCH3 is 1. The Morgan fingerprint density at radius 1 is 1.03 bits per heavy atom. The van der Waals surface area contributed by atoms with E-state index in [-0.39, 0.29) is 11.9 Å². The minimum absolute atomic E-state index is 0.0858.